The Kier molecular flexibility index (Phi) is 3.57. The minimum absolute atomic E-state index is 0.373. The van der Waals surface area contributed by atoms with E-state index in [1.807, 2.05) is 0 Å². The van der Waals surface area contributed by atoms with E-state index in [1.165, 1.54) is 13.2 Å². The van der Waals surface area contributed by atoms with Crippen molar-refractivity contribution in [1.29, 1.82) is 0 Å². The van der Waals surface area contributed by atoms with Crippen molar-refractivity contribution in [2.75, 3.05) is 7.11 Å². The van der Waals surface area contributed by atoms with Gasteiger partial charge in [0, 0.05) is 11.6 Å². The normalized spacial score (nSPS) is 13.7. The lowest BCUT2D eigenvalue weighted by atomic mass is 10.0. The predicted octanol–water partition coefficient (Wildman–Crippen LogP) is 2.65. The van der Waals surface area contributed by atoms with E-state index in [-0.39, 0.29) is 0 Å². The Morgan fingerprint density at radius 1 is 1.33 bits per heavy atom. The van der Waals surface area contributed by atoms with E-state index in [0.717, 1.165) is 0 Å². The van der Waals surface area contributed by atoms with Gasteiger partial charge in [-0.15, -0.1) is 0 Å². The van der Waals surface area contributed by atoms with Crippen molar-refractivity contribution in [1.82, 2.24) is 0 Å². The molecule has 2 nitrogen and oxygen atoms in total. The van der Waals surface area contributed by atoms with Crippen LogP contribution in [0.2, 0.25) is 0 Å². The van der Waals surface area contributed by atoms with Crippen LogP contribution in [-0.2, 0) is 0 Å². The number of benzene rings is 1. The van der Waals surface area contributed by atoms with Gasteiger partial charge in [-0.3, -0.25) is 0 Å². The molecular formula is C10H12F3NO. The van der Waals surface area contributed by atoms with E-state index in [1.54, 1.807) is 18.2 Å². The fraction of sp³-hybridized carbons (Fsp3) is 0.400. The molecule has 0 saturated carbocycles. The third-order valence-electron chi connectivity index (χ3n) is 1.99. The van der Waals surface area contributed by atoms with E-state index in [9.17, 15) is 13.2 Å². The molecule has 1 aromatic carbocycles. The molecule has 0 aliphatic rings. The van der Waals surface area contributed by atoms with E-state index in [4.69, 9.17) is 10.5 Å². The number of methoxy groups -OCH3 is 1. The summed E-state index contributed by atoms with van der Waals surface area (Å²) < 4.78 is 41.3. The second kappa shape index (κ2) is 4.53. The molecule has 0 bridgehead atoms. The van der Waals surface area contributed by atoms with Crippen LogP contribution < -0.4 is 10.5 Å². The van der Waals surface area contributed by atoms with E-state index in [2.05, 4.69) is 0 Å². The van der Waals surface area contributed by atoms with Crippen molar-refractivity contribution in [3.63, 3.8) is 0 Å². The van der Waals surface area contributed by atoms with Crippen molar-refractivity contribution in [3.8, 4) is 5.75 Å². The van der Waals surface area contributed by atoms with Crippen LogP contribution >= 0.6 is 0 Å². The van der Waals surface area contributed by atoms with Gasteiger partial charge in [0.1, 0.15) is 5.75 Å². The van der Waals surface area contributed by atoms with Crippen LogP contribution in [0, 0.1) is 0 Å². The molecule has 0 amide bonds. The molecule has 0 fully saturated rings. The van der Waals surface area contributed by atoms with Gasteiger partial charge in [0.05, 0.1) is 13.5 Å². The monoisotopic (exact) mass is 219 g/mol. The van der Waals surface area contributed by atoms with Gasteiger partial charge in [-0.25, -0.2) is 0 Å². The van der Waals surface area contributed by atoms with Crippen molar-refractivity contribution in [2.45, 2.75) is 18.6 Å². The summed E-state index contributed by atoms with van der Waals surface area (Å²) in [7, 11) is 1.40. The molecule has 0 radical (unpaired) electrons. The minimum Gasteiger partial charge on any atom is -0.496 e. The van der Waals surface area contributed by atoms with Crippen LogP contribution in [0.4, 0.5) is 13.2 Å². The molecule has 0 spiro atoms. The van der Waals surface area contributed by atoms with Crippen molar-refractivity contribution in [3.05, 3.63) is 29.8 Å². The molecule has 1 aromatic rings. The molecular weight excluding hydrogens is 207 g/mol. The van der Waals surface area contributed by atoms with Gasteiger partial charge in [-0.2, -0.15) is 13.2 Å². The van der Waals surface area contributed by atoms with E-state index >= 15 is 0 Å². The van der Waals surface area contributed by atoms with Crippen molar-refractivity contribution >= 4 is 0 Å². The highest BCUT2D eigenvalue weighted by Gasteiger charge is 2.31. The zero-order chi connectivity index (χ0) is 11.5. The smallest absolute Gasteiger partial charge is 0.390 e. The molecule has 0 aliphatic heterocycles. The summed E-state index contributed by atoms with van der Waals surface area (Å²) in [5, 5.41) is 0. The van der Waals surface area contributed by atoms with Gasteiger partial charge in [-0.1, -0.05) is 18.2 Å². The van der Waals surface area contributed by atoms with E-state index < -0.39 is 18.6 Å². The van der Waals surface area contributed by atoms with Crippen LogP contribution in [-0.4, -0.2) is 13.3 Å². The first-order valence-electron chi connectivity index (χ1n) is 4.39. The Morgan fingerprint density at radius 2 is 1.93 bits per heavy atom. The quantitative estimate of drug-likeness (QED) is 0.848. The first-order valence-corrected chi connectivity index (χ1v) is 4.39. The molecule has 5 heteroatoms. The fourth-order valence-electron chi connectivity index (χ4n) is 1.33. The molecule has 0 heterocycles. The van der Waals surface area contributed by atoms with Crippen LogP contribution in [0.1, 0.15) is 18.0 Å². The van der Waals surface area contributed by atoms with Crippen LogP contribution in [0.25, 0.3) is 0 Å². The number of ether oxygens (including phenoxy) is 1. The maximum absolute atomic E-state index is 12.1. The van der Waals surface area contributed by atoms with Crippen LogP contribution in [0.3, 0.4) is 0 Å². The number of hydrogen-bond acceptors (Lipinski definition) is 2. The zero-order valence-electron chi connectivity index (χ0n) is 8.21. The van der Waals surface area contributed by atoms with Gasteiger partial charge in [0.2, 0.25) is 0 Å². The van der Waals surface area contributed by atoms with E-state index in [0.29, 0.717) is 11.3 Å². The molecule has 1 rings (SSSR count). The van der Waals surface area contributed by atoms with Gasteiger partial charge >= 0.3 is 6.18 Å². The SMILES string of the molecule is COc1ccccc1C(N)CC(F)(F)F. The maximum atomic E-state index is 12.1. The summed E-state index contributed by atoms with van der Waals surface area (Å²) in [5.41, 5.74) is 5.83. The highest BCUT2D eigenvalue weighted by Crippen LogP contribution is 2.31. The maximum Gasteiger partial charge on any atom is 0.390 e. The Labute approximate surface area is 85.8 Å². The standard InChI is InChI=1S/C10H12F3NO/c1-15-9-5-3-2-4-7(9)8(14)6-10(11,12)13/h2-5,8H,6,14H2,1H3. The number of halogens is 3. The Bertz CT molecular complexity index is 325. The van der Waals surface area contributed by atoms with Crippen molar-refractivity contribution in [2.24, 2.45) is 5.73 Å². The van der Waals surface area contributed by atoms with Gasteiger partial charge in [0.25, 0.3) is 0 Å². The number of alkyl halides is 3. The molecule has 0 saturated heterocycles. The third kappa shape index (κ3) is 3.43. The van der Waals surface area contributed by atoms with Gasteiger partial charge in [-0.05, 0) is 6.07 Å². The fourth-order valence-corrected chi connectivity index (χ4v) is 1.33. The molecule has 84 valence electrons. The second-order valence-corrected chi connectivity index (χ2v) is 3.17. The average molecular weight is 219 g/mol. The lowest BCUT2D eigenvalue weighted by Gasteiger charge is -2.16. The van der Waals surface area contributed by atoms with Crippen molar-refractivity contribution < 1.29 is 17.9 Å². The summed E-state index contributed by atoms with van der Waals surface area (Å²) >= 11 is 0. The summed E-state index contributed by atoms with van der Waals surface area (Å²) in [4.78, 5) is 0. The topological polar surface area (TPSA) is 35.2 Å². The number of para-hydroxylation sites is 1. The minimum atomic E-state index is -4.26. The number of nitrogens with two attached hydrogens (primary N) is 1. The lowest BCUT2D eigenvalue weighted by Crippen LogP contribution is -2.20. The second-order valence-electron chi connectivity index (χ2n) is 3.17. The zero-order valence-corrected chi connectivity index (χ0v) is 8.21. The Hall–Kier alpha value is -1.23. The highest BCUT2D eigenvalue weighted by molar-refractivity contribution is 5.35. The molecule has 0 aliphatic carbocycles. The highest BCUT2D eigenvalue weighted by atomic mass is 19.4. The lowest BCUT2D eigenvalue weighted by molar-refractivity contribution is -0.138. The molecule has 1 atom stereocenters. The largest absolute Gasteiger partial charge is 0.496 e. The number of hydrogen-bond donors (Lipinski definition) is 1. The van der Waals surface area contributed by atoms with Gasteiger partial charge in [0.15, 0.2) is 0 Å². The molecule has 1 unspecified atom stereocenters. The van der Waals surface area contributed by atoms with Crippen LogP contribution in [0.5, 0.6) is 5.75 Å². The Balaban J connectivity index is 2.86. The predicted molar refractivity (Wildman–Crippen MR) is 50.6 cm³/mol. The summed E-state index contributed by atoms with van der Waals surface area (Å²) in [6.45, 7) is 0. The summed E-state index contributed by atoms with van der Waals surface area (Å²) in [6.07, 6.45) is -5.31. The molecule has 0 aromatic heterocycles. The first-order chi connectivity index (χ1) is 6.94. The summed E-state index contributed by atoms with van der Waals surface area (Å²) in [6, 6.07) is 5.36. The molecule has 2 N–H and O–H groups in total. The van der Waals surface area contributed by atoms with Crippen LogP contribution in [0.15, 0.2) is 24.3 Å². The Morgan fingerprint density at radius 3 is 2.47 bits per heavy atom. The first kappa shape index (κ1) is 11.8. The summed E-state index contributed by atoms with van der Waals surface area (Å²) in [5.74, 6) is 0.384. The average Bonchev–Trinajstić information content (AvgIpc) is 2.15. The van der Waals surface area contributed by atoms with Gasteiger partial charge < -0.3 is 10.5 Å². The molecule has 15 heavy (non-hydrogen) atoms. The number of rotatable bonds is 3. The third-order valence-corrected chi connectivity index (χ3v) is 1.99.